The molecule has 3 rings (SSSR count). The molecule has 128 valence electrons. The van der Waals surface area contributed by atoms with E-state index in [1.54, 1.807) is 60.5 Å². The van der Waals surface area contributed by atoms with Crippen molar-refractivity contribution in [3.8, 4) is 17.2 Å². The molecule has 1 N–H and O–H groups in total. The molecule has 1 heterocycles. The van der Waals surface area contributed by atoms with Crippen molar-refractivity contribution < 1.29 is 14.3 Å². The average Bonchev–Trinajstić information content (AvgIpc) is 3.08. The molecule has 7 heteroatoms. The minimum absolute atomic E-state index is 0.118. The number of nitrogens with zero attached hydrogens (tertiary/aromatic N) is 2. The van der Waals surface area contributed by atoms with Crippen LogP contribution in [0.15, 0.2) is 60.8 Å². The number of hydrogen-bond donors (Lipinski definition) is 1. The van der Waals surface area contributed by atoms with E-state index in [-0.39, 0.29) is 12.5 Å². The number of carbonyl (C=O) groups excluding carboxylic acids is 1. The second-order valence-electron chi connectivity index (χ2n) is 5.12. The molecule has 0 saturated heterocycles. The maximum Gasteiger partial charge on any atom is 0.263 e. The third kappa shape index (κ3) is 4.30. The summed E-state index contributed by atoms with van der Waals surface area (Å²) in [4.78, 5) is 12.1. The zero-order valence-corrected chi connectivity index (χ0v) is 14.2. The molecular weight excluding hydrogens is 342 g/mol. The maximum atomic E-state index is 12.1. The minimum Gasteiger partial charge on any atom is -0.497 e. The molecule has 0 atom stereocenters. The Morgan fingerprint density at radius 1 is 1.16 bits per heavy atom. The van der Waals surface area contributed by atoms with E-state index >= 15 is 0 Å². The summed E-state index contributed by atoms with van der Waals surface area (Å²) in [7, 11) is 1.59. The highest BCUT2D eigenvalue weighted by Gasteiger charge is 2.10. The summed E-state index contributed by atoms with van der Waals surface area (Å²) in [5, 5.41) is 7.57. The lowest BCUT2D eigenvalue weighted by molar-refractivity contribution is -0.118. The van der Waals surface area contributed by atoms with Crippen molar-refractivity contribution in [1.29, 1.82) is 0 Å². The molecule has 0 aliphatic carbocycles. The first-order valence-corrected chi connectivity index (χ1v) is 7.90. The molecule has 0 fully saturated rings. The van der Waals surface area contributed by atoms with Gasteiger partial charge in [0.2, 0.25) is 0 Å². The third-order valence-electron chi connectivity index (χ3n) is 3.39. The minimum atomic E-state index is -0.292. The molecule has 0 bridgehead atoms. The van der Waals surface area contributed by atoms with Crippen molar-refractivity contribution in [1.82, 2.24) is 9.78 Å². The van der Waals surface area contributed by atoms with Crippen LogP contribution in [0.1, 0.15) is 0 Å². The molecule has 0 aliphatic heterocycles. The van der Waals surface area contributed by atoms with Crippen molar-refractivity contribution in [3.05, 3.63) is 65.8 Å². The Morgan fingerprint density at radius 2 is 1.92 bits per heavy atom. The van der Waals surface area contributed by atoms with Crippen LogP contribution in [0, 0.1) is 0 Å². The highest BCUT2D eigenvalue weighted by atomic mass is 35.5. The van der Waals surface area contributed by atoms with Crippen LogP contribution >= 0.6 is 11.6 Å². The number of anilines is 1. The van der Waals surface area contributed by atoms with Gasteiger partial charge in [-0.3, -0.25) is 4.79 Å². The molecule has 1 aromatic heterocycles. The highest BCUT2D eigenvalue weighted by molar-refractivity contribution is 6.30. The molecular formula is C18H16ClN3O3. The summed E-state index contributed by atoms with van der Waals surface area (Å²) < 4.78 is 12.1. The Bertz CT molecular complexity index is 862. The zero-order chi connectivity index (χ0) is 17.6. The molecule has 1 amide bonds. The van der Waals surface area contributed by atoms with Gasteiger partial charge in [-0.15, -0.1) is 0 Å². The van der Waals surface area contributed by atoms with E-state index in [9.17, 15) is 4.79 Å². The summed E-state index contributed by atoms with van der Waals surface area (Å²) in [5.74, 6) is 1.55. The summed E-state index contributed by atoms with van der Waals surface area (Å²) in [6.45, 7) is -0.118. The van der Waals surface area contributed by atoms with Gasteiger partial charge in [0.25, 0.3) is 5.91 Å². The lowest BCUT2D eigenvalue weighted by Gasteiger charge is -2.10. The monoisotopic (exact) mass is 357 g/mol. The van der Waals surface area contributed by atoms with Crippen LogP contribution in [0.4, 0.5) is 5.82 Å². The maximum absolute atomic E-state index is 12.1. The number of methoxy groups -OCH3 is 1. The first-order valence-electron chi connectivity index (χ1n) is 7.52. The number of rotatable bonds is 6. The number of nitrogens with one attached hydrogen (secondary N) is 1. The zero-order valence-electron chi connectivity index (χ0n) is 13.5. The fourth-order valence-electron chi connectivity index (χ4n) is 2.21. The van der Waals surface area contributed by atoms with Crippen LogP contribution in [0.25, 0.3) is 5.69 Å². The number of carbonyl (C=O) groups is 1. The predicted molar refractivity (Wildman–Crippen MR) is 95.7 cm³/mol. The Balaban J connectivity index is 1.62. The van der Waals surface area contributed by atoms with Gasteiger partial charge in [-0.1, -0.05) is 17.7 Å². The second-order valence-corrected chi connectivity index (χ2v) is 5.56. The van der Waals surface area contributed by atoms with E-state index in [1.165, 1.54) is 0 Å². The highest BCUT2D eigenvalue weighted by Crippen LogP contribution is 2.19. The van der Waals surface area contributed by atoms with Gasteiger partial charge in [0.05, 0.1) is 19.0 Å². The van der Waals surface area contributed by atoms with Crippen LogP contribution in [-0.2, 0) is 4.79 Å². The molecule has 0 spiro atoms. The lowest BCUT2D eigenvalue weighted by Crippen LogP contribution is -2.21. The van der Waals surface area contributed by atoms with E-state index in [0.29, 0.717) is 16.6 Å². The average molecular weight is 358 g/mol. The quantitative estimate of drug-likeness (QED) is 0.732. The van der Waals surface area contributed by atoms with Gasteiger partial charge >= 0.3 is 0 Å². The van der Waals surface area contributed by atoms with Gasteiger partial charge in [-0.05, 0) is 42.5 Å². The standard InChI is InChI=1S/C18H16ClN3O3/c1-24-15-5-7-16(8-6-15)25-12-18(23)21-17-9-10-20-22(17)14-4-2-3-13(19)11-14/h2-11H,12H2,1H3,(H,21,23). The van der Waals surface area contributed by atoms with Crippen LogP contribution < -0.4 is 14.8 Å². The van der Waals surface area contributed by atoms with E-state index in [1.807, 2.05) is 12.1 Å². The van der Waals surface area contributed by atoms with Gasteiger partial charge in [-0.25, -0.2) is 4.68 Å². The molecule has 0 saturated carbocycles. The first kappa shape index (κ1) is 16.9. The Labute approximate surface area is 149 Å². The molecule has 2 aromatic carbocycles. The van der Waals surface area contributed by atoms with E-state index in [2.05, 4.69) is 10.4 Å². The number of halogens is 1. The van der Waals surface area contributed by atoms with Gasteiger partial charge in [0.15, 0.2) is 6.61 Å². The summed E-state index contributed by atoms with van der Waals surface area (Å²) >= 11 is 6.00. The van der Waals surface area contributed by atoms with E-state index in [4.69, 9.17) is 21.1 Å². The van der Waals surface area contributed by atoms with Gasteiger partial charge in [0, 0.05) is 11.1 Å². The van der Waals surface area contributed by atoms with Gasteiger partial charge < -0.3 is 14.8 Å². The number of aromatic nitrogens is 2. The van der Waals surface area contributed by atoms with Crippen LogP contribution in [0.5, 0.6) is 11.5 Å². The SMILES string of the molecule is COc1ccc(OCC(=O)Nc2ccnn2-c2cccc(Cl)c2)cc1. The summed E-state index contributed by atoms with van der Waals surface area (Å²) in [6, 6.07) is 15.9. The van der Waals surface area contributed by atoms with Crippen LogP contribution in [0.3, 0.4) is 0 Å². The van der Waals surface area contributed by atoms with Gasteiger partial charge in [0.1, 0.15) is 17.3 Å². The van der Waals surface area contributed by atoms with Crippen LogP contribution in [-0.4, -0.2) is 29.4 Å². The molecule has 0 aliphatic rings. The summed E-state index contributed by atoms with van der Waals surface area (Å²) in [5.41, 5.74) is 0.754. The van der Waals surface area contributed by atoms with E-state index < -0.39 is 0 Å². The van der Waals surface area contributed by atoms with E-state index in [0.717, 1.165) is 11.4 Å². The first-order chi connectivity index (χ1) is 12.2. The largest absolute Gasteiger partial charge is 0.497 e. The lowest BCUT2D eigenvalue weighted by atomic mass is 10.3. The van der Waals surface area contributed by atoms with Crippen molar-refractivity contribution in [2.45, 2.75) is 0 Å². The molecule has 6 nitrogen and oxygen atoms in total. The number of amides is 1. The fraction of sp³-hybridized carbons (Fsp3) is 0.111. The fourth-order valence-corrected chi connectivity index (χ4v) is 2.40. The second kappa shape index (κ2) is 7.72. The number of hydrogen-bond acceptors (Lipinski definition) is 4. The smallest absolute Gasteiger partial charge is 0.263 e. The van der Waals surface area contributed by atoms with Gasteiger partial charge in [-0.2, -0.15) is 5.10 Å². The Kier molecular flexibility index (Phi) is 5.20. The van der Waals surface area contributed by atoms with Crippen molar-refractivity contribution in [2.75, 3.05) is 19.0 Å². The normalized spacial score (nSPS) is 10.3. The topological polar surface area (TPSA) is 65.4 Å². The van der Waals surface area contributed by atoms with Crippen molar-refractivity contribution >= 4 is 23.3 Å². The number of benzene rings is 2. The summed E-state index contributed by atoms with van der Waals surface area (Å²) in [6.07, 6.45) is 1.60. The van der Waals surface area contributed by atoms with Crippen molar-refractivity contribution in [2.24, 2.45) is 0 Å². The third-order valence-corrected chi connectivity index (χ3v) is 3.63. The Morgan fingerprint density at radius 3 is 2.64 bits per heavy atom. The van der Waals surface area contributed by atoms with Crippen molar-refractivity contribution in [3.63, 3.8) is 0 Å². The Hall–Kier alpha value is -2.99. The molecule has 0 unspecified atom stereocenters. The predicted octanol–water partition coefficient (Wildman–Crippen LogP) is 3.55. The molecule has 3 aromatic rings. The molecule has 25 heavy (non-hydrogen) atoms. The molecule has 0 radical (unpaired) electrons. The van der Waals surface area contributed by atoms with Crippen LogP contribution in [0.2, 0.25) is 5.02 Å². The number of ether oxygens (including phenoxy) is 2.